The van der Waals surface area contributed by atoms with Crippen molar-refractivity contribution in [1.29, 1.82) is 0 Å². The van der Waals surface area contributed by atoms with E-state index >= 15 is 0 Å². The van der Waals surface area contributed by atoms with E-state index < -0.39 is 0 Å². The molecule has 0 aliphatic rings. The molecule has 0 saturated heterocycles. The molecular formula is C13H16N4O2S. The fourth-order valence-corrected chi connectivity index (χ4v) is 2.29. The number of rotatable bonds is 4. The van der Waals surface area contributed by atoms with Crippen LogP contribution in [0.15, 0.2) is 28.4 Å². The van der Waals surface area contributed by atoms with Crippen molar-refractivity contribution in [3.05, 3.63) is 44.5 Å². The second kappa shape index (κ2) is 5.79. The summed E-state index contributed by atoms with van der Waals surface area (Å²) >= 11 is 1.12. The number of H-pyrrole nitrogens is 1. The molecule has 0 aliphatic carbocycles. The van der Waals surface area contributed by atoms with Gasteiger partial charge in [-0.1, -0.05) is 11.3 Å². The Balaban J connectivity index is 2.10. The fraction of sp³-hybridized carbons (Fsp3) is 0.231. The molecule has 4 N–H and O–H groups in total. The number of nitrogens with one attached hydrogen (secondary N) is 2. The second-order valence-corrected chi connectivity index (χ2v) is 5.37. The van der Waals surface area contributed by atoms with Gasteiger partial charge in [0.1, 0.15) is 0 Å². The number of nitrogen functional groups attached to an aromatic ring is 1. The van der Waals surface area contributed by atoms with Gasteiger partial charge >= 0.3 is 4.87 Å². The van der Waals surface area contributed by atoms with E-state index in [1.807, 2.05) is 0 Å². The molecule has 1 amide bonds. The molecule has 0 unspecified atom stereocenters. The molecular weight excluding hydrogens is 276 g/mol. The largest absolute Gasteiger partial charge is 0.397 e. The molecule has 2 rings (SSSR count). The van der Waals surface area contributed by atoms with Crippen LogP contribution < -0.4 is 15.9 Å². The van der Waals surface area contributed by atoms with Gasteiger partial charge in [-0.2, -0.15) is 0 Å². The zero-order valence-corrected chi connectivity index (χ0v) is 12.1. The average Bonchev–Trinajstić information content (AvgIpc) is 2.82. The highest BCUT2D eigenvalue weighted by Gasteiger charge is 2.10. The lowest BCUT2D eigenvalue weighted by Gasteiger charge is -2.13. The second-order valence-electron chi connectivity index (χ2n) is 4.53. The van der Waals surface area contributed by atoms with Gasteiger partial charge in [-0.3, -0.25) is 9.59 Å². The van der Waals surface area contributed by atoms with Crippen LogP contribution in [0, 0.1) is 0 Å². The molecule has 7 heteroatoms. The Morgan fingerprint density at radius 1 is 1.45 bits per heavy atom. The molecule has 1 aromatic carbocycles. The van der Waals surface area contributed by atoms with Gasteiger partial charge in [-0.15, -0.1) is 0 Å². The Morgan fingerprint density at radius 2 is 2.20 bits per heavy atom. The van der Waals surface area contributed by atoms with Crippen molar-refractivity contribution in [2.45, 2.75) is 6.54 Å². The number of hydrogen-bond acceptors (Lipinski definition) is 5. The SMILES string of the molecule is CN(C)C(=O)c1ccc(NCc2csc(=O)[nH]2)c(N)c1. The number of thiazole rings is 1. The van der Waals surface area contributed by atoms with E-state index in [0.717, 1.165) is 22.7 Å². The third-order valence-corrected chi connectivity index (χ3v) is 3.46. The number of nitrogens with two attached hydrogens (primary N) is 1. The van der Waals surface area contributed by atoms with E-state index in [-0.39, 0.29) is 10.8 Å². The maximum Gasteiger partial charge on any atom is 0.304 e. The Labute approximate surface area is 120 Å². The minimum absolute atomic E-state index is 0.0818. The smallest absolute Gasteiger partial charge is 0.304 e. The highest BCUT2D eigenvalue weighted by atomic mass is 32.1. The molecule has 106 valence electrons. The summed E-state index contributed by atoms with van der Waals surface area (Å²) in [4.78, 5) is 26.9. The molecule has 0 saturated carbocycles. The minimum atomic E-state index is -0.0922. The molecule has 0 bridgehead atoms. The van der Waals surface area contributed by atoms with Crippen LogP contribution in [0.25, 0.3) is 0 Å². The highest BCUT2D eigenvalue weighted by molar-refractivity contribution is 7.07. The van der Waals surface area contributed by atoms with Gasteiger partial charge in [-0.05, 0) is 18.2 Å². The predicted octanol–water partition coefficient (Wildman–Crippen LogP) is 1.33. The fourth-order valence-electron chi connectivity index (χ4n) is 1.71. The van der Waals surface area contributed by atoms with Gasteiger partial charge in [0, 0.05) is 30.7 Å². The monoisotopic (exact) mass is 292 g/mol. The van der Waals surface area contributed by atoms with Crippen molar-refractivity contribution in [2.75, 3.05) is 25.1 Å². The lowest BCUT2D eigenvalue weighted by atomic mass is 10.1. The van der Waals surface area contributed by atoms with Crippen molar-refractivity contribution in [3.63, 3.8) is 0 Å². The van der Waals surface area contributed by atoms with Crippen LogP contribution in [0.1, 0.15) is 16.1 Å². The third-order valence-electron chi connectivity index (χ3n) is 2.74. The van der Waals surface area contributed by atoms with Gasteiger partial charge in [0.15, 0.2) is 0 Å². The molecule has 0 atom stereocenters. The summed E-state index contributed by atoms with van der Waals surface area (Å²) in [6.45, 7) is 0.476. The summed E-state index contributed by atoms with van der Waals surface area (Å²) in [5.74, 6) is -0.0922. The molecule has 2 aromatic rings. The number of carbonyl (C=O) groups excluding carboxylic acids is 1. The molecule has 0 aliphatic heterocycles. The Morgan fingerprint density at radius 3 is 2.75 bits per heavy atom. The van der Waals surface area contributed by atoms with Crippen LogP contribution in [0.4, 0.5) is 11.4 Å². The molecule has 6 nitrogen and oxygen atoms in total. The van der Waals surface area contributed by atoms with Gasteiger partial charge in [0.25, 0.3) is 5.91 Å². The normalized spacial score (nSPS) is 10.3. The number of aromatic amines is 1. The van der Waals surface area contributed by atoms with E-state index in [0.29, 0.717) is 17.8 Å². The average molecular weight is 292 g/mol. The lowest BCUT2D eigenvalue weighted by Crippen LogP contribution is -2.21. The summed E-state index contributed by atoms with van der Waals surface area (Å²) < 4.78 is 0. The quantitative estimate of drug-likeness (QED) is 0.741. The minimum Gasteiger partial charge on any atom is -0.397 e. The summed E-state index contributed by atoms with van der Waals surface area (Å²) in [7, 11) is 3.38. The van der Waals surface area contributed by atoms with Gasteiger partial charge in [0.2, 0.25) is 0 Å². The van der Waals surface area contributed by atoms with Crippen molar-refractivity contribution < 1.29 is 4.79 Å². The molecule has 0 fully saturated rings. The predicted molar refractivity (Wildman–Crippen MR) is 81.1 cm³/mol. The first-order valence-electron chi connectivity index (χ1n) is 5.99. The van der Waals surface area contributed by atoms with E-state index in [4.69, 9.17) is 5.73 Å². The number of anilines is 2. The zero-order chi connectivity index (χ0) is 14.7. The molecule has 0 spiro atoms. The zero-order valence-electron chi connectivity index (χ0n) is 11.3. The van der Waals surface area contributed by atoms with Crippen LogP contribution in [0.3, 0.4) is 0 Å². The van der Waals surface area contributed by atoms with Crippen molar-refractivity contribution in [1.82, 2.24) is 9.88 Å². The van der Waals surface area contributed by atoms with E-state index in [9.17, 15) is 9.59 Å². The maximum absolute atomic E-state index is 11.8. The lowest BCUT2D eigenvalue weighted by molar-refractivity contribution is 0.0827. The maximum atomic E-state index is 11.8. The van der Waals surface area contributed by atoms with Crippen LogP contribution >= 0.6 is 11.3 Å². The Kier molecular flexibility index (Phi) is 4.09. The van der Waals surface area contributed by atoms with Crippen LogP contribution in [-0.2, 0) is 6.54 Å². The van der Waals surface area contributed by atoms with Crippen LogP contribution in [0.5, 0.6) is 0 Å². The standard InChI is InChI=1S/C13H16N4O2S/c1-17(2)12(18)8-3-4-11(10(14)5-8)15-6-9-7-20-13(19)16-9/h3-5,7,15H,6,14H2,1-2H3,(H,16,19). The first-order chi connectivity index (χ1) is 9.47. The van der Waals surface area contributed by atoms with Crippen LogP contribution in [0.2, 0.25) is 0 Å². The number of amides is 1. The van der Waals surface area contributed by atoms with Crippen molar-refractivity contribution in [3.8, 4) is 0 Å². The number of aromatic nitrogens is 1. The highest BCUT2D eigenvalue weighted by Crippen LogP contribution is 2.21. The third kappa shape index (κ3) is 3.18. The summed E-state index contributed by atoms with van der Waals surface area (Å²) in [5.41, 5.74) is 8.49. The van der Waals surface area contributed by atoms with Crippen molar-refractivity contribution >= 4 is 28.6 Å². The van der Waals surface area contributed by atoms with Gasteiger partial charge < -0.3 is 20.9 Å². The number of hydrogen-bond donors (Lipinski definition) is 3. The van der Waals surface area contributed by atoms with E-state index in [1.165, 1.54) is 4.90 Å². The molecule has 1 heterocycles. The van der Waals surface area contributed by atoms with Crippen LogP contribution in [-0.4, -0.2) is 29.9 Å². The van der Waals surface area contributed by atoms with E-state index in [1.54, 1.807) is 37.7 Å². The summed E-state index contributed by atoms with van der Waals surface area (Å²) in [6, 6.07) is 5.12. The summed E-state index contributed by atoms with van der Waals surface area (Å²) in [5, 5.41) is 4.88. The summed E-state index contributed by atoms with van der Waals surface area (Å²) in [6.07, 6.45) is 0. The molecule has 20 heavy (non-hydrogen) atoms. The Hall–Kier alpha value is -2.28. The molecule has 1 aromatic heterocycles. The van der Waals surface area contributed by atoms with Gasteiger partial charge in [-0.25, -0.2) is 0 Å². The number of nitrogens with zero attached hydrogens (tertiary/aromatic N) is 1. The topological polar surface area (TPSA) is 91.2 Å². The van der Waals surface area contributed by atoms with Gasteiger partial charge in [0.05, 0.1) is 17.9 Å². The van der Waals surface area contributed by atoms with Crippen molar-refractivity contribution in [2.24, 2.45) is 0 Å². The first kappa shape index (κ1) is 14.1. The first-order valence-corrected chi connectivity index (χ1v) is 6.87. The van der Waals surface area contributed by atoms with E-state index in [2.05, 4.69) is 10.3 Å². The Bertz CT molecular complexity index is 675. The number of carbonyl (C=O) groups is 1. The molecule has 0 radical (unpaired) electrons. The number of benzene rings is 1.